The van der Waals surface area contributed by atoms with Crippen molar-refractivity contribution in [3.63, 3.8) is 0 Å². The van der Waals surface area contributed by atoms with Gasteiger partial charge in [0, 0.05) is 10.9 Å². The molecule has 0 aromatic heterocycles. The summed E-state index contributed by atoms with van der Waals surface area (Å²) in [6.45, 7) is 0. The molecule has 0 spiro atoms. The van der Waals surface area contributed by atoms with E-state index in [1.807, 2.05) is 6.07 Å². The average Bonchev–Trinajstić information content (AvgIpc) is 2.14. The molecule has 1 aromatic carbocycles. The summed E-state index contributed by atoms with van der Waals surface area (Å²) in [5, 5.41) is 0. The maximum atomic E-state index is 12.4. The van der Waals surface area contributed by atoms with E-state index in [9.17, 15) is 13.2 Å². The monoisotopic (exact) mass is 264 g/mol. The highest BCUT2D eigenvalue weighted by atomic mass is 79.9. The fourth-order valence-corrected chi connectivity index (χ4v) is 1.49. The van der Waals surface area contributed by atoms with Crippen LogP contribution in [0.2, 0.25) is 0 Å². The van der Waals surface area contributed by atoms with Crippen molar-refractivity contribution in [2.45, 2.75) is 12.8 Å². The van der Waals surface area contributed by atoms with Gasteiger partial charge in [0.05, 0.1) is 0 Å². The molecule has 0 unspecified atom stereocenters. The summed E-state index contributed by atoms with van der Waals surface area (Å²) in [6.07, 6.45) is -2.19. The van der Waals surface area contributed by atoms with Crippen LogP contribution >= 0.6 is 15.9 Å². The Labute approximate surface area is 88.6 Å². The largest absolute Gasteiger partial charge is 0.301 e. The molecule has 0 aliphatic carbocycles. The molecule has 0 N–H and O–H groups in total. The van der Waals surface area contributed by atoms with Crippen molar-refractivity contribution in [2.75, 3.05) is 0 Å². The van der Waals surface area contributed by atoms with E-state index in [-0.39, 0.29) is 12.8 Å². The van der Waals surface area contributed by atoms with Gasteiger partial charge in [0.1, 0.15) is 0 Å². The number of aryl methyl sites for hydroxylation is 1. The third-order valence-electron chi connectivity index (χ3n) is 1.73. The smallest absolute Gasteiger partial charge is 0.206 e. The van der Waals surface area contributed by atoms with E-state index in [1.54, 1.807) is 18.2 Å². The van der Waals surface area contributed by atoms with Gasteiger partial charge in [-0.1, -0.05) is 28.1 Å². The van der Waals surface area contributed by atoms with Gasteiger partial charge in [-0.3, -0.25) is 0 Å². The van der Waals surface area contributed by atoms with E-state index >= 15 is 0 Å². The Morgan fingerprint density at radius 1 is 1.21 bits per heavy atom. The third-order valence-corrected chi connectivity index (χ3v) is 2.22. The molecule has 0 radical (unpaired) electrons. The molecule has 0 atom stereocenters. The van der Waals surface area contributed by atoms with Gasteiger partial charge in [-0.05, 0) is 24.1 Å². The normalized spacial score (nSPS) is 10.0. The highest BCUT2D eigenvalue weighted by Gasteiger charge is 2.05. The molecule has 76 valence electrons. The molecular formula is C10H8BrF3. The zero-order valence-corrected chi connectivity index (χ0v) is 8.82. The standard InChI is InChI=1S/C10H8BrF3/c11-8-3-1-2-7(6-8)4-5-9(12)10(13)14/h1-3,6H,4-5H2. The van der Waals surface area contributed by atoms with Crippen LogP contribution in [0.15, 0.2) is 40.6 Å². The van der Waals surface area contributed by atoms with Crippen LogP contribution in [0.1, 0.15) is 12.0 Å². The number of allylic oxidation sites excluding steroid dienone is 1. The van der Waals surface area contributed by atoms with Crippen molar-refractivity contribution in [3.05, 3.63) is 46.2 Å². The lowest BCUT2D eigenvalue weighted by atomic mass is 10.1. The number of rotatable bonds is 3. The van der Waals surface area contributed by atoms with E-state index in [1.165, 1.54) is 0 Å². The highest BCUT2D eigenvalue weighted by molar-refractivity contribution is 9.10. The van der Waals surface area contributed by atoms with Crippen molar-refractivity contribution in [2.24, 2.45) is 0 Å². The van der Waals surface area contributed by atoms with Crippen LogP contribution in [0.5, 0.6) is 0 Å². The van der Waals surface area contributed by atoms with Crippen LogP contribution in [-0.4, -0.2) is 0 Å². The minimum Gasteiger partial charge on any atom is -0.206 e. The average molecular weight is 265 g/mol. The summed E-state index contributed by atoms with van der Waals surface area (Å²) in [4.78, 5) is 0. The number of halogens is 4. The predicted molar refractivity (Wildman–Crippen MR) is 52.8 cm³/mol. The van der Waals surface area contributed by atoms with E-state index in [0.717, 1.165) is 10.0 Å². The van der Waals surface area contributed by atoms with E-state index in [2.05, 4.69) is 15.9 Å². The number of benzene rings is 1. The molecule has 0 saturated heterocycles. The van der Waals surface area contributed by atoms with E-state index in [4.69, 9.17) is 0 Å². The first-order valence-electron chi connectivity index (χ1n) is 4.03. The number of hydrogen-bond donors (Lipinski definition) is 0. The first-order valence-corrected chi connectivity index (χ1v) is 4.83. The molecular weight excluding hydrogens is 257 g/mol. The summed E-state index contributed by atoms with van der Waals surface area (Å²) in [5.41, 5.74) is 0.829. The molecule has 0 nitrogen and oxygen atoms in total. The second-order valence-electron chi connectivity index (χ2n) is 2.80. The van der Waals surface area contributed by atoms with Gasteiger partial charge < -0.3 is 0 Å². The minimum atomic E-state index is -2.22. The summed E-state index contributed by atoms with van der Waals surface area (Å²) in [6, 6.07) is 7.16. The summed E-state index contributed by atoms with van der Waals surface area (Å²) < 4.78 is 36.7. The van der Waals surface area contributed by atoms with Crippen LogP contribution in [0.4, 0.5) is 13.2 Å². The zero-order valence-electron chi connectivity index (χ0n) is 7.24. The first-order chi connectivity index (χ1) is 6.59. The Bertz CT molecular complexity index is 343. The molecule has 0 fully saturated rings. The van der Waals surface area contributed by atoms with Crippen molar-refractivity contribution in [1.29, 1.82) is 0 Å². The lowest BCUT2D eigenvalue weighted by Crippen LogP contribution is -1.86. The molecule has 14 heavy (non-hydrogen) atoms. The molecule has 0 aliphatic heterocycles. The van der Waals surface area contributed by atoms with Crippen LogP contribution in [0, 0.1) is 0 Å². The molecule has 0 amide bonds. The van der Waals surface area contributed by atoms with Gasteiger partial charge in [0.2, 0.25) is 0 Å². The Morgan fingerprint density at radius 3 is 2.50 bits per heavy atom. The van der Waals surface area contributed by atoms with E-state index < -0.39 is 11.9 Å². The Balaban J connectivity index is 2.59. The lowest BCUT2D eigenvalue weighted by molar-refractivity contribution is 0.370. The second-order valence-corrected chi connectivity index (χ2v) is 3.71. The second kappa shape index (κ2) is 5.20. The molecule has 0 bridgehead atoms. The fourth-order valence-electron chi connectivity index (χ4n) is 1.04. The summed E-state index contributed by atoms with van der Waals surface area (Å²) in [5.74, 6) is -1.33. The van der Waals surface area contributed by atoms with Crippen molar-refractivity contribution < 1.29 is 13.2 Å². The van der Waals surface area contributed by atoms with Gasteiger partial charge in [-0.25, -0.2) is 4.39 Å². The van der Waals surface area contributed by atoms with Crippen LogP contribution in [0.25, 0.3) is 0 Å². The minimum absolute atomic E-state index is 0.251. The molecule has 0 heterocycles. The zero-order chi connectivity index (χ0) is 10.6. The molecule has 1 aromatic rings. The van der Waals surface area contributed by atoms with Gasteiger partial charge >= 0.3 is 6.08 Å². The van der Waals surface area contributed by atoms with E-state index in [0.29, 0.717) is 0 Å². The van der Waals surface area contributed by atoms with Gasteiger partial charge in [0.15, 0.2) is 5.83 Å². The summed E-state index contributed by atoms with van der Waals surface area (Å²) in [7, 11) is 0. The molecule has 1 rings (SSSR count). The van der Waals surface area contributed by atoms with Crippen LogP contribution in [0.3, 0.4) is 0 Å². The third kappa shape index (κ3) is 3.54. The maximum Gasteiger partial charge on any atom is 0.301 e. The lowest BCUT2D eigenvalue weighted by Gasteiger charge is -1.99. The van der Waals surface area contributed by atoms with Crippen molar-refractivity contribution >= 4 is 15.9 Å². The highest BCUT2D eigenvalue weighted by Crippen LogP contribution is 2.18. The van der Waals surface area contributed by atoms with Gasteiger partial charge in [-0.2, -0.15) is 8.78 Å². The van der Waals surface area contributed by atoms with Gasteiger partial charge in [-0.15, -0.1) is 0 Å². The number of hydrogen-bond acceptors (Lipinski definition) is 0. The van der Waals surface area contributed by atoms with Gasteiger partial charge in [0.25, 0.3) is 0 Å². The quantitative estimate of drug-likeness (QED) is 0.756. The molecule has 0 saturated carbocycles. The SMILES string of the molecule is FC(F)=C(F)CCc1cccc(Br)c1. The van der Waals surface area contributed by atoms with Crippen molar-refractivity contribution in [1.82, 2.24) is 0 Å². The van der Waals surface area contributed by atoms with Crippen molar-refractivity contribution in [3.8, 4) is 0 Å². The summed E-state index contributed by atoms with van der Waals surface area (Å²) >= 11 is 3.24. The Morgan fingerprint density at radius 2 is 1.93 bits per heavy atom. The topological polar surface area (TPSA) is 0 Å². The maximum absolute atomic E-state index is 12.4. The Hall–Kier alpha value is -0.770. The molecule has 0 aliphatic rings. The first kappa shape index (κ1) is 11.3. The fraction of sp³-hybridized carbons (Fsp3) is 0.200. The van der Waals surface area contributed by atoms with Crippen LogP contribution in [-0.2, 0) is 6.42 Å². The van der Waals surface area contributed by atoms with Crippen LogP contribution < -0.4 is 0 Å². The predicted octanol–water partition coefficient (Wildman–Crippen LogP) is 4.46. The Kier molecular flexibility index (Phi) is 4.20. The molecule has 4 heteroatoms.